The molecule has 0 aliphatic carbocycles. The summed E-state index contributed by atoms with van der Waals surface area (Å²) in [5.41, 5.74) is 8.23. The van der Waals surface area contributed by atoms with Gasteiger partial charge in [-0.15, -0.1) is 0 Å². The van der Waals surface area contributed by atoms with Gasteiger partial charge in [0.15, 0.2) is 6.61 Å². The Morgan fingerprint density at radius 3 is 2.61 bits per heavy atom. The van der Waals surface area contributed by atoms with E-state index in [1.807, 2.05) is 50.2 Å². The van der Waals surface area contributed by atoms with Crippen LogP contribution < -0.4 is 20.1 Å². The molecule has 4 rings (SSSR count). The Morgan fingerprint density at radius 2 is 1.86 bits per heavy atom. The molecule has 7 heteroatoms. The number of fused-ring (bicyclic) bond motifs is 2. The highest BCUT2D eigenvalue weighted by Crippen LogP contribution is 2.46. The normalized spacial score (nSPS) is 19.8. The number of nitrogens with zero attached hydrogens (tertiary/aromatic N) is 1. The second-order valence-electron chi connectivity index (χ2n) is 7.77. The van der Waals surface area contributed by atoms with E-state index in [4.69, 9.17) is 19.9 Å². The number of carbonyl (C=O) groups is 2. The maximum Gasteiger partial charge on any atom is 0.405 e. The summed E-state index contributed by atoms with van der Waals surface area (Å²) in [4.78, 5) is 24.9. The van der Waals surface area contributed by atoms with Crippen LogP contribution in [-0.2, 0) is 9.53 Å². The van der Waals surface area contributed by atoms with Crippen LogP contribution in [0.2, 0.25) is 0 Å². The van der Waals surface area contributed by atoms with Gasteiger partial charge in [0, 0.05) is 18.0 Å². The lowest BCUT2D eigenvalue weighted by Gasteiger charge is -2.38. The average Bonchev–Trinajstić information content (AvgIpc) is 2.66. The third-order valence-electron chi connectivity index (χ3n) is 5.22. The molecular formula is C21H22N2O5. The van der Waals surface area contributed by atoms with Gasteiger partial charge in [-0.1, -0.05) is 32.0 Å². The molecule has 28 heavy (non-hydrogen) atoms. The van der Waals surface area contributed by atoms with Crippen LogP contribution in [0.15, 0.2) is 36.4 Å². The van der Waals surface area contributed by atoms with Crippen LogP contribution in [0.1, 0.15) is 25.5 Å². The van der Waals surface area contributed by atoms with Crippen molar-refractivity contribution in [3.05, 3.63) is 42.0 Å². The number of carbonyl (C=O) groups excluding carboxylic acids is 2. The van der Waals surface area contributed by atoms with Gasteiger partial charge < -0.3 is 24.8 Å². The summed E-state index contributed by atoms with van der Waals surface area (Å²) in [5.74, 6) is 1.24. The van der Waals surface area contributed by atoms with Gasteiger partial charge in [-0.25, -0.2) is 4.79 Å². The average molecular weight is 382 g/mol. The zero-order chi connectivity index (χ0) is 20.1. The molecule has 0 aromatic heterocycles. The molecule has 7 nitrogen and oxygen atoms in total. The number of hydrogen-bond acceptors (Lipinski definition) is 5. The van der Waals surface area contributed by atoms with Crippen LogP contribution in [0.3, 0.4) is 0 Å². The number of rotatable bonds is 2. The molecule has 2 amide bonds. The van der Waals surface area contributed by atoms with Crippen molar-refractivity contribution in [3.63, 3.8) is 0 Å². The number of nitrogens with two attached hydrogens (primary N) is 1. The number of primary amides is 1. The number of hydrogen-bond donors (Lipinski definition) is 1. The maximum atomic E-state index is 11.9. The summed E-state index contributed by atoms with van der Waals surface area (Å²) in [6, 6.07) is 11.5. The summed E-state index contributed by atoms with van der Waals surface area (Å²) in [5, 5.41) is 0. The third kappa shape index (κ3) is 3.02. The lowest BCUT2D eigenvalue weighted by molar-refractivity contribution is -0.120. The topological polar surface area (TPSA) is 91.1 Å². The van der Waals surface area contributed by atoms with E-state index in [0.29, 0.717) is 18.1 Å². The van der Waals surface area contributed by atoms with Gasteiger partial charge in [0.1, 0.15) is 17.6 Å². The van der Waals surface area contributed by atoms with Crippen molar-refractivity contribution in [2.45, 2.75) is 20.0 Å². The van der Waals surface area contributed by atoms with E-state index in [-0.39, 0.29) is 12.5 Å². The molecule has 0 bridgehead atoms. The lowest BCUT2D eigenvalue weighted by Crippen LogP contribution is -2.37. The van der Waals surface area contributed by atoms with Crippen LogP contribution in [0.4, 0.5) is 10.5 Å². The molecule has 1 unspecified atom stereocenters. The Morgan fingerprint density at radius 1 is 1.14 bits per heavy atom. The Labute approximate surface area is 163 Å². The molecule has 0 radical (unpaired) electrons. The zero-order valence-corrected chi connectivity index (χ0v) is 16.0. The fourth-order valence-electron chi connectivity index (χ4n) is 3.61. The fraction of sp³-hybridized carbons (Fsp3) is 0.333. The summed E-state index contributed by atoms with van der Waals surface area (Å²) in [6.45, 7) is 4.38. The van der Waals surface area contributed by atoms with Crippen molar-refractivity contribution in [3.8, 4) is 22.6 Å². The minimum absolute atomic E-state index is 0.0482. The number of anilines is 1. The first-order valence-electron chi connectivity index (χ1n) is 9.03. The summed E-state index contributed by atoms with van der Waals surface area (Å²) >= 11 is 0. The second kappa shape index (κ2) is 6.44. The lowest BCUT2D eigenvalue weighted by atomic mass is 9.80. The number of amides is 2. The van der Waals surface area contributed by atoms with Crippen LogP contribution in [0.5, 0.6) is 11.5 Å². The van der Waals surface area contributed by atoms with Gasteiger partial charge in [-0.05, 0) is 29.3 Å². The van der Waals surface area contributed by atoms with Crippen molar-refractivity contribution in [1.82, 2.24) is 0 Å². The molecule has 1 atom stereocenters. The molecule has 2 heterocycles. The molecule has 2 N–H and O–H groups in total. The van der Waals surface area contributed by atoms with E-state index in [1.54, 1.807) is 11.9 Å². The highest BCUT2D eigenvalue weighted by Gasteiger charge is 2.40. The smallest absolute Gasteiger partial charge is 0.405 e. The van der Waals surface area contributed by atoms with E-state index in [9.17, 15) is 9.59 Å². The summed E-state index contributed by atoms with van der Waals surface area (Å²) in [7, 11) is 1.73. The highest BCUT2D eigenvalue weighted by atomic mass is 16.6. The zero-order valence-electron chi connectivity index (χ0n) is 16.0. The first kappa shape index (κ1) is 18.2. The van der Waals surface area contributed by atoms with E-state index < -0.39 is 17.6 Å². The minimum Gasteiger partial charge on any atom is -0.492 e. The fourth-order valence-corrected chi connectivity index (χ4v) is 3.61. The largest absolute Gasteiger partial charge is 0.492 e. The van der Waals surface area contributed by atoms with Crippen LogP contribution in [0.25, 0.3) is 11.1 Å². The minimum atomic E-state index is -0.808. The molecule has 2 aromatic rings. The monoisotopic (exact) mass is 382 g/mol. The standard InChI is InChI=1S/C21H22N2O5/c1-21(2)11-27-17-9-13(4-6-14(17)19(21)28-20(22)25)12-5-7-16-15(8-12)23(3)18(24)10-26-16/h4-9,19H,10-11H2,1-3H3,(H2,22,25). The second-order valence-corrected chi connectivity index (χ2v) is 7.77. The predicted octanol–water partition coefficient (Wildman–Crippen LogP) is 3.26. The summed E-state index contributed by atoms with van der Waals surface area (Å²) in [6.07, 6.45) is -1.29. The summed E-state index contributed by atoms with van der Waals surface area (Å²) < 4.78 is 16.8. The van der Waals surface area contributed by atoms with E-state index in [2.05, 4.69) is 0 Å². The first-order valence-corrected chi connectivity index (χ1v) is 9.03. The van der Waals surface area contributed by atoms with Crippen LogP contribution in [0, 0.1) is 5.41 Å². The molecule has 0 spiro atoms. The van der Waals surface area contributed by atoms with E-state index in [1.165, 1.54) is 0 Å². The predicted molar refractivity (Wildman–Crippen MR) is 103 cm³/mol. The van der Waals surface area contributed by atoms with Crippen molar-refractivity contribution in [1.29, 1.82) is 0 Å². The number of likely N-dealkylation sites (N-methyl/N-ethyl adjacent to an activating group) is 1. The van der Waals surface area contributed by atoms with Gasteiger partial charge >= 0.3 is 6.09 Å². The van der Waals surface area contributed by atoms with Crippen molar-refractivity contribution in [2.75, 3.05) is 25.2 Å². The van der Waals surface area contributed by atoms with E-state index >= 15 is 0 Å². The van der Waals surface area contributed by atoms with Crippen molar-refractivity contribution in [2.24, 2.45) is 11.1 Å². The van der Waals surface area contributed by atoms with Gasteiger partial charge in [0.2, 0.25) is 0 Å². The molecule has 146 valence electrons. The van der Waals surface area contributed by atoms with Gasteiger partial charge in [-0.3, -0.25) is 4.79 Å². The molecule has 0 saturated carbocycles. The van der Waals surface area contributed by atoms with Crippen LogP contribution >= 0.6 is 0 Å². The molecule has 2 aliphatic heterocycles. The third-order valence-corrected chi connectivity index (χ3v) is 5.22. The molecule has 0 fully saturated rings. The van der Waals surface area contributed by atoms with E-state index in [0.717, 1.165) is 22.4 Å². The van der Waals surface area contributed by atoms with Crippen molar-refractivity contribution < 1.29 is 23.8 Å². The molecule has 2 aromatic carbocycles. The molecule has 0 saturated heterocycles. The highest BCUT2D eigenvalue weighted by molar-refractivity contribution is 5.98. The number of ether oxygens (including phenoxy) is 3. The molecule has 2 aliphatic rings. The SMILES string of the molecule is CN1C(=O)COc2ccc(-c3ccc4c(c3)OCC(C)(C)C4OC(N)=O)cc21. The van der Waals surface area contributed by atoms with Gasteiger partial charge in [0.25, 0.3) is 5.91 Å². The number of benzene rings is 2. The molecular weight excluding hydrogens is 360 g/mol. The van der Waals surface area contributed by atoms with Gasteiger partial charge in [-0.2, -0.15) is 0 Å². The Balaban J connectivity index is 1.72. The quantitative estimate of drug-likeness (QED) is 0.861. The van der Waals surface area contributed by atoms with Gasteiger partial charge in [0.05, 0.1) is 12.3 Å². The Hall–Kier alpha value is -3.22. The maximum absolute atomic E-state index is 11.9. The van der Waals surface area contributed by atoms with Crippen molar-refractivity contribution >= 4 is 17.7 Å². The Kier molecular flexibility index (Phi) is 4.18. The van der Waals surface area contributed by atoms with Crippen LogP contribution in [-0.4, -0.2) is 32.3 Å². The first-order chi connectivity index (χ1) is 13.3. The Bertz CT molecular complexity index is 969.